The van der Waals surface area contributed by atoms with Crippen molar-refractivity contribution < 1.29 is 9.18 Å². The van der Waals surface area contributed by atoms with E-state index in [1.165, 1.54) is 36.3 Å². The van der Waals surface area contributed by atoms with E-state index in [0.29, 0.717) is 5.69 Å². The van der Waals surface area contributed by atoms with Crippen LogP contribution in [0.2, 0.25) is 0 Å². The van der Waals surface area contributed by atoms with Gasteiger partial charge in [-0.2, -0.15) is 0 Å². The van der Waals surface area contributed by atoms with Crippen molar-refractivity contribution >= 4 is 22.2 Å². The van der Waals surface area contributed by atoms with E-state index in [9.17, 15) is 9.18 Å². The van der Waals surface area contributed by atoms with Gasteiger partial charge in [0.2, 0.25) is 0 Å². The highest BCUT2D eigenvalue weighted by Crippen LogP contribution is 2.28. The summed E-state index contributed by atoms with van der Waals surface area (Å²) in [7, 11) is 0. The normalized spacial score (nSPS) is 16.0. The van der Waals surface area contributed by atoms with Crippen molar-refractivity contribution in [3.05, 3.63) is 47.4 Å². The van der Waals surface area contributed by atoms with Crippen molar-refractivity contribution in [3.8, 4) is 11.3 Å². The van der Waals surface area contributed by atoms with Gasteiger partial charge in [-0.3, -0.25) is 9.20 Å². The first-order valence-corrected chi connectivity index (χ1v) is 9.63. The van der Waals surface area contributed by atoms with Crippen LogP contribution in [-0.2, 0) is 0 Å². The average Bonchev–Trinajstić information content (AvgIpc) is 3.10. The number of aromatic nitrogens is 2. The highest BCUT2D eigenvalue weighted by Gasteiger charge is 2.23. The van der Waals surface area contributed by atoms with Gasteiger partial charge in [0.25, 0.3) is 5.91 Å². The first-order valence-electron chi connectivity index (χ1n) is 8.75. The molecule has 1 aromatic carbocycles. The molecule has 1 fully saturated rings. The Kier molecular flexibility index (Phi) is 4.53. The first kappa shape index (κ1) is 16.3. The third-order valence-electron chi connectivity index (χ3n) is 4.79. The van der Waals surface area contributed by atoms with Crippen LogP contribution in [0.4, 0.5) is 4.39 Å². The zero-order valence-electron chi connectivity index (χ0n) is 13.9. The monoisotopic (exact) mass is 357 g/mol. The fraction of sp³-hybridized carbons (Fsp3) is 0.368. The van der Waals surface area contributed by atoms with Gasteiger partial charge in [0.15, 0.2) is 10.7 Å². The maximum absolute atomic E-state index is 13.3. The Morgan fingerprint density at radius 3 is 2.60 bits per heavy atom. The Hall–Kier alpha value is -2.21. The van der Waals surface area contributed by atoms with Gasteiger partial charge in [0, 0.05) is 23.2 Å². The van der Waals surface area contributed by atoms with Gasteiger partial charge in [-0.1, -0.05) is 25.7 Å². The van der Waals surface area contributed by atoms with Gasteiger partial charge >= 0.3 is 0 Å². The molecule has 6 heteroatoms. The molecule has 0 unspecified atom stereocenters. The van der Waals surface area contributed by atoms with Gasteiger partial charge in [0.05, 0.1) is 5.69 Å². The van der Waals surface area contributed by atoms with Gasteiger partial charge in [-0.05, 0) is 37.1 Å². The second-order valence-corrected chi connectivity index (χ2v) is 7.41. The van der Waals surface area contributed by atoms with E-state index >= 15 is 0 Å². The number of fused-ring (bicyclic) bond motifs is 1. The number of rotatable bonds is 3. The summed E-state index contributed by atoms with van der Waals surface area (Å²) in [5.41, 5.74) is 1.93. The van der Waals surface area contributed by atoms with Crippen molar-refractivity contribution in [1.29, 1.82) is 0 Å². The van der Waals surface area contributed by atoms with Gasteiger partial charge < -0.3 is 5.32 Å². The molecular weight excluding hydrogens is 337 g/mol. The lowest BCUT2D eigenvalue weighted by atomic mass is 10.1. The minimum Gasteiger partial charge on any atom is -0.348 e. The summed E-state index contributed by atoms with van der Waals surface area (Å²) in [4.78, 5) is 18.2. The molecule has 2 aromatic heterocycles. The smallest absolute Gasteiger partial charge is 0.272 e. The lowest BCUT2D eigenvalue weighted by Gasteiger charge is -2.16. The molecule has 0 aliphatic heterocycles. The molecule has 0 radical (unpaired) electrons. The summed E-state index contributed by atoms with van der Waals surface area (Å²) >= 11 is 1.48. The standard InChI is InChI=1S/C19H20FN3OS/c20-14-9-7-13(8-10-14)17-16(22-19-23(17)11-12-25-19)18(24)21-15-5-3-1-2-4-6-15/h7-12,15H,1-6H2,(H,21,24). The topological polar surface area (TPSA) is 46.4 Å². The number of amides is 1. The SMILES string of the molecule is O=C(NC1CCCCCC1)c1nc2sccn2c1-c1ccc(F)cc1. The van der Waals surface area contributed by atoms with E-state index in [1.807, 2.05) is 16.0 Å². The fourth-order valence-electron chi connectivity index (χ4n) is 3.51. The van der Waals surface area contributed by atoms with Crippen LogP contribution in [0.5, 0.6) is 0 Å². The van der Waals surface area contributed by atoms with E-state index in [4.69, 9.17) is 0 Å². The van der Waals surface area contributed by atoms with Crippen LogP contribution in [0.15, 0.2) is 35.8 Å². The number of halogens is 1. The van der Waals surface area contributed by atoms with Crippen molar-refractivity contribution in [3.63, 3.8) is 0 Å². The van der Waals surface area contributed by atoms with Crippen LogP contribution in [0.3, 0.4) is 0 Å². The van der Waals surface area contributed by atoms with Crippen LogP contribution in [0.1, 0.15) is 49.0 Å². The largest absolute Gasteiger partial charge is 0.348 e. The zero-order valence-corrected chi connectivity index (χ0v) is 14.7. The lowest BCUT2D eigenvalue weighted by Crippen LogP contribution is -2.34. The highest BCUT2D eigenvalue weighted by atomic mass is 32.1. The minimum absolute atomic E-state index is 0.137. The van der Waals surface area contributed by atoms with Crippen LogP contribution in [0.25, 0.3) is 16.2 Å². The number of hydrogen-bond donors (Lipinski definition) is 1. The Morgan fingerprint density at radius 1 is 1.16 bits per heavy atom. The van der Waals surface area contributed by atoms with Crippen molar-refractivity contribution in [2.45, 2.75) is 44.6 Å². The molecule has 1 amide bonds. The minimum atomic E-state index is -0.292. The molecule has 130 valence electrons. The Balaban J connectivity index is 1.68. The molecule has 0 spiro atoms. The number of nitrogens with one attached hydrogen (secondary N) is 1. The second kappa shape index (κ2) is 6.96. The maximum atomic E-state index is 13.3. The molecule has 1 saturated carbocycles. The van der Waals surface area contributed by atoms with Crippen molar-refractivity contribution in [2.75, 3.05) is 0 Å². The van der Waals surface area contributed by atoms with Crippen molar-refractivity contribution in [2.24, 2.45) is 0 Å². The lowest BCUT2D eigenvalue weighted by molar-refractivity contribution is 0.0929. The Labute approximate surface area is 149 Å². The number of imidazole rings is 1. The summed E-state index contributed by atoms with van der Waals surface area (Å²) in [5, 5.41) is 5.10. The number of carbonyl (C=O) groups excluding carboxylic acids is 1. The predicted octanol–water partition coefficient (Wildman–Crippen LogP) is 4.65. The summed E-state index contributed by atoms with van der Waals surface area (Å²) in [5.74, 6) is -0.429. The number of nitrogens with zero attached hydrogens (tertiary/aromatic N) is 2. The number of benzene rings is 1. The molecule has 2 heterocycles. The third kappa shape index (κ3) is 3.31. The molecule has 1 aliphatic rings. The maximum Gasteiger partial charge on any atom is 0.272 e. The summed E-state index contributed by atoms with van der Waals surface area (Å²) in [6.07, 6.45) is 8.76. The summed E-state index contributed by atoms with van der Waals surface area (Å²) in [6.45, 7) is 0. The van der Waals surface area contributed by atoms with E-state index in [0.717, 1.165) is 41.9 Å². The number of carbonyl (C=O) groups is 1. The van der Waals surface area contributed by atoms with E-state index in [1.54, 1.807) is 12.1 Å². The molecule has 1 N–H and O–H groups in total. The molecule has 4 nitrogen and oxygen atoms in total. The van der Waals surface area contributed by atoms with Gasteiger partial charge in [0.1, 0.15) is 5.82 Å². The molecule has 25 heavy (non-hydrogen) atoms. The van der Waals surface area contributed by atoms with Crippen LogP contribution in [0, 0.1) is 5.82 Å². The van der Waals surface area contributed by atoms with Crippen LogP contribution in [-0.4, -0.2) is 21.3 Å². The fourth-order valence-corrected chi connectivity index (χ4v) is 4.22. The number of hydrogen-bond acceptors (Lipinski definition) is 3. The Morgan fingerprint density at radius 2 is 1.88 bits per heavy atom. The van der Waals surface area contributed by atoms with Gasteiger partial charge in [-0.25, -0.2) is 9.37 Å². The predicted molar refractivity (Wildman–Crippen MR) is 97.4 cm³/mol. The summed E-state index contributed by atoms with van der Waals surface area (Å²) < 4.78 is 15.2. The number of thiazole rings is 1. The molecule has 4 rings (SSSR count). The third-order valence-corrected chi connectivity index (χ3v) is 5.54. The van der Waals surface area contributed by atoms with E-state index in [-0.39, 0.29) is 17.8 Å². The van der Waals surface area contributed by atoms with Gasteiger partial charge in [-0.15, -0.1) is 11.3 Å². The average molecular weight is 357 g/mol. The van der Waals surface area contributed by atoms with Crippen LogP contribution < -0.4 is 5.32 Å². The van der Waals surface area contributed by atoms with Crippen molar-refractivity contribution in [1.82, 2.24) is 14.7 Å². The highest BCUT2D eigenvalue weighted by molar-refractivity contribution is 7.15. The molecular formula is C19H20FN3OS. The molecule has 0 saturated heterocycles. The first-order chi connectivity index (χ1) is 12.2. The second-order valence-electron chi connectivity index (χ2n) is 6.53. The molecule has 1 aliphatic carbocycles. The Bertz CT molecular complexity index is 876. The molecule has 0 atom stereocenters. The zero-order chi connectivity index (χ0) is 17.2. The van der Waals surface area contributed by atoms with E-state index < -0.39 is 0 Å². The quantitative estimate of drug-likeness (QED) is 0.693. The van der Waals surface area contributed by atoms with Crippen LogP contribution >= 0.6 is 11.3 Å². The van der Waals surface area contributed by atoms with E-state index in [2.05, 4.69) is 10.3 Å². The molecule has 0 bridgehead atoms. The summed E-state index contributed by atoms with van der Waals surface area (Å²) in [6, 6.07) is 6.43. The molecule has 3 aromatic rings.